The normalized spacial score (nSPS) is 17.4. The summed E-state index contributed by atoms with van der Waals surface area (Å²) >= 11 is 6.25. The lowest BCUT2D eigenvalue weighted by Crippen LogP contribution is -2.57. The van der Waals surface area contributed by atoms with E-state index in [-0.39, 0.29) is 30.6 Å². The van der Waals surface area contributed by atoms with E-state index < -0.39 is 33.5 Å². The molecule has 3 N–H and O–H groups in total. The van der Waals surface area contributed by atoms with E-state index in [1.165, 1.54) is 72.7 Å². The molecule has 47 heavy (non-hydrogen) atoms. The van der Waals surface area contributed by atoms with E-state index in [0.717, 1.165) is 24.0 Å². The van der Waals surface area contributed by atoms with Crippen molar-refractivity contribution in [1.82, 2.24) is 9.62 Å². The van der Waals surface area contributed by atoms with Crippen LogP contribution in [0.3, 0.4) is 0 Å². The molecule has 254 valence electrons. The Morgan fingerprint density at radius 2 is 1.62 bits per heavy atom. The van der Waals surface area contributed by atoms with Gasteiger partial charge in [-0.2, -0.15) is 13.5 Å². The average molecular weight is 690 g/mol. The third-order valence-corrected chi connectivity index (χ3v) is 10.8. The summed E-state index contributed by atoms with van der Waals surface area (Å²) < 4.78 is 73.0. The van der Waals surface area contributed by atoms with Crippen molar-refractivity contribution < 1.29 is 31.5 Å². The van der Waals surface area contributed by atoms with Crippen LogP contribution in [0.2, 0.25) is 5.02 Å². The van der Waals surface area contributed by atoms with Gasteiger partial charge < -0.3 is 20.1 Å². The molecule has 0 aromatic heterocycles. The van der Waals surface area contributed by atoms with Gasteiger partial charge in [-0.1, -0.05) is 61.2 Å². The van der Waals surface area contributed by atoms with Gasteiger partial charge in [0.25, 0.3) is 5.92 Å². The summed E-state index contributed by atoms with van der Waals surface area (Å²) in [5, 5.41) is 0.521. The van der Waals surface area contributed by atoms with Gasteiger partial charge in [0.1, 0.15) is 5.75 Å². The molecular formula is C35H42ClF2N3O5S. The Morgan fingerprint density at radius 3 is 2.26 bits per heavy atom. The molecule has 1 atom stereocenters. The molecule has 1 aliphatic carbocycles. The van der Waals surface area contributed by atoms with Crippen LogP contribution in [0.4, 0.5) is 8.78 Å². The van der Waals surface area contributed by atoms with Crippen LogP contribution < -0.4 is 15.2 Å². The molecule has 12 heteroatoms. The van der Waals surface area contributed by atoms with E-state index >= 15 is 8.78 Å². The molecule has 1 aliphatic heterocycles. The zero-order valence-electron chi connectivity index (χ0n) is 26.5. The zero-order valence-corrected chi connectivity index (χ0v) is 28.0. The van der Waals surface area contributed by atoms with Gasteiger partial charge >= 0.3 is 0 Å². The molecule has 3 aromatic rings. The van der Waals surface area contributed by atoms with Crippen LogP contribution in [0.25, 0.3) is 11.1 Å². The smallest absolute Gasteiger partial charge is 0.298 e. The minimum absolute atomic E-state index is 0.153. The van der Waals surface area contributed by atoms with Gasteiger partial charge in [0.05, 0.1) is 18.1 Å². The molecule has 8 nitrogen and oxygen atoms in total. The molecule has 1 amide bonds. The first kappa shape index (κ1) is 35.2. The number of nitrogens with two attached hydrogens (primary N) is 1. The summed E-state index contributed by atoms with van der Waals surface area (Å²) in [5.74, 6) is -3.95. The van der Waals surface area contributed by atoms with Gasteiger partial charge in [0.2, 0.25) is 15.9 Å². The van der Waals surface area contributed by atoms with E-state index in [0.29, 0.717) is 41.7 Å². The number of hydrogen-bond donors (Lipinski definition) is 2. The predicted molar refractivity (Wildman–Crippen MR) is 178 cm³/mol. The van der Waals surface area contributed by atoms with Crippen molar-refractivity contribution in [1.29, 1.82) is 0 Å². The number of hydrogen-bond acceptors (Lipinski definition) is 6. The molecular weight excluding hydrogens is 648 g/mol. The van der Waals surface area contributed by atoms with Gasteiger partial charge in [0, 0.05) is 36.8 Å². The number of piperidine rings is 1. The monoisotopic (exact) mass is 689 g/mol. The molecule has 1 saturated carbocycles. The van der Waals surface area contributed by atoms with Crippen LogP contribution in [-0.4, -0.2) is 58.1 Å². The molecule has 2 aliphatic rings. The molecule has 2 fully saturated rings. The Kier molecular flexibility index (Phi) is 11.6. The number of halogens is 3. The maximum absolute atomic E-state index is 16.4. The van der Waals surface area contributed by atoms with Crippen LogP contribution in [-0.2, 0) is 32.1 Å². The number of nitrogens with zero attached hydrogens (tertiary/aromatic N) is 1. The summed E-state index contributed by atoms with van der Waals surface area (Å²) in [5.41, 5.74) is 7.59. The third kappa shape index (κ3) is 8.69. The lowest BCUT2D eigenvalue weighted by atomic mass is 9.90. The number of nitrogens with one attached hydrogen (secondary N) is 1. The Hall–Kier alpha value is -3.09. The van der Waals surface area contributed by atoms with E-state index in [9.17, 15) is 13.2 Å². The third-order valence-electron chi connectivity index (χ3n) is 9.03. The lowest BCUT2D eigenvalue weighted by molar-refractivity contribution is -0.145. The minimum atomic E-state index is -4.54. The van der Waals surface area contributed by atoms with Gasteiger partial charge in [-0.05, 0) is 84.7 Å². The molecule has 0 spiro atoms. The summed E-state index contributed by atoms with van der Waals surface area (Å²) in [6.07, 6.45) is 6.64. The number of ether oxygens (including phenoxy) is 2. The SMILES string of the molecule is COCc1cc(-c2ccc(C(F)(F)[C@@H](NS(=O)(=O)c3ccc(OCC4CCCCC4)cc3)C(=O)N3CCC(N)CC3)cc2)ccc1Cl. The fourth-order valence-electron chi connectivity index (χ4n) is 6.16. The summed E-state index contributed by atoms with van der Waals surface area (Å²) in [6, 6.07) is 13.8. The number of alkyl halides is 2. The highest BCUT2D eigenvalue weighted by molar-refractivity contribution is 7.89. The van der Waals surface area contributed by atoms with Crippen LogP contribution in [0, 0.1) is 5.92 Å². The first-order chi connectivity index (χ1) is 22.5. The largest absolute Gasteiger partial charge is 0.493 e. The molecule has 0 unspecified atom stereocenters. The van der Waals surface area contributed by atoms with Gasteiger partial charge in [-0.15, -0.1) is 0 Å². The molecule has 1 heterocycles. The number of rotatable bonds is 12. The number of carbonyl (C=O) groups excluding carboxylic acids is 1. The standard InChI is InChI=1S/C35H42ClF2N3O5S/c1-45-23-27-21-26(9-16-32(27)36)25-7-10-28(11-8-25)35(37,38)33(34(42)41-19-17-29(39)18-20-41)40-47(43,44)31-14-12-30(13-15-31)46-22-24-5-3-2-4-6-24/h7-16,21,24,29,33,40H,2-6,17-20,22-23,39H2,1H3/t33-/m0/s1. The highest BCUT2D eigenvalue weighted by atomic mass is 35.5. The molecule has 5 rings (SSSR count). The van der Waals surface area contributed by atoms with Crippen molar-refractivity contribution in [2.75, 3.05) is 26.8 Å². The van der Waals surface area contributed by atoms with Gasteiger partial charge in [-0.25, -0.2) is 8.42 Å². The quantitative estimate of drug-likeness (QED) is 0.225. The van der Waals surface area contributed by atoms with Crippen molar-refractivity contribution in [3.8, 4) is 16.9 Å². The van der Waals surface area contributed by atoms with Crippen LogP contribution in [0.1, 0.15) is 56.1 Å². The molecule has 3 aromatic carbocycles. The van der Waals surface area contributed by atoms with Crippen molar-refractivity contribution in [2.24, 2.45) is 11.7 Å². The van der Waals surface area contributed by atoms with Crippen LogP contribution in [0.15, 0.2) is 71.6 Å². The predicted octanol–water partition coefficient (Wildman–Crippen LogP) is 6.50. The van der Waals surface area contributed by atoms with Crippen molar-refractivity contribution in [3.63, 3.8) is 0 Å². The number of likely N-dealkylation sites (tertiary alicyclic amines) is 1. The van der Waals surface area contributed by atoms with Crippen molar-refractivity contribution in [2.45, 2.75) is 74.5 Å². The number of sulfonamides is 1. The van der Waals surface area contributed by atoms with E-state index in [2.05, 4.69) is 4.72 Å². The zero-order chi connectivity index (χ0) is 33.6. The summed E-state index contributed by atoms with van der Waals surface area (Å²) in [4.78, 5) is 14.7. The Bertz CT molecular complexity index is 1610. The van der Waals surface area contributed by atoms with E-state index in [1.807, 2.05) is 6.07 Å². The fourth-order valence-corrected chi connectivity index (χ4v) is 7.52. The Morgan fingerprint density at radius 1 is 0.979 bits per heavy atom. The lowest BCUT2D eigenvalue weighted by Gasteiger charge is -2.35. The molecule has 0 radical (unpaired) electrons. The maximum atomic E-state index is 16.4. The van der Waals surface area contributed by atoms with E-state index in [4.69, 9.17) is 26.8 Å². The first-order valence-electron chi connectivity index (χ1n) is 16.0. The van der Waals surface area contributed by atoms with Gasteiger partial charge in [0.15, 0.2) is 6.04 Å². The Balaban J connectivity index is 1.38. The summed E-state index contributed by atoms with van der Waals surface area (Å²) in [7, 11) is -3.00. The first-order valence-corrected chi connectivity index (χ1v) is 17.9. The molecule has 0 bridgehead atoms. The van der Waals surface area contributed by atoms with Gasteiger partial charge in [-0.3, -0.25) is 4.79 Å². The highest BCUT2D eigenvalue weighted by Crippen LogP contribution is 2.36. The fraction of sp³-hybridized carbons (Fsp3) is 0.457. The minimum Gasteiger partial charge on any atom is -0.493 e. The van der Waals surface area contributed by atoms with Crippen LogP contribution >= 0.6 is 11.6 Å². The number of carbonyl (C=O) groups is 1. The number of amides is 1. The van der Waals surface area contributed by atoms with E-state index in [1.54, 1.807) is 19.2 Å². The number of benzene rings is 3. The topological polar surface area (TPSA) is 111 Å². The molecule has 1 saturated heterocycles. The second kappa shape index (κ2) is 15.4. The average Bonchev–Trinajstić information content (AvgIpc) is 3.08. The van der Waals surface area contributed by atoms with Crippen molar-refractivity contribution in [3.05, 3.63) is 82.9 Å². The number of methoxy groups -OCH3 is 1. The second-order valence-electron chi connectivity index (χ2n) is 12.4. The summed E-state index contributed by atoms with van der Waals surface area (Å²) in [6.45, 7) is 1.13. The Labute approximate surface area is 280 Å². The van der Waals surface area contributed by atoms with Crippen LogP contribution in [0.5, 0.6) is 5.75 Å². The highest BCUT2D eigenvalue weighted by Gasteiger charge is 2.50. The maximum Gasteiger partial charge on any atom is 0.298 e. The van der Waals surface area contributed by atoms with Crippen molar-refractivity contribution >= 4 is 27.5 Å². The second-order valence-corrected chi connectivity index (χ2v) is 14.6.